The first-order valence-corrected chi connectivity index (χ1v) is 12.7. The molecule has 1 unspecified atom stereocenters. The predicted molar refractivity (Wildman–Crippen MR) is 137 cm³/mol. The fraction of sp³-hybridized carbons (Fsp3) is 0.593. The first kappa shape index (κ1) is 25.9. The van der Waals surface area contributed by atoms with Gasteiger partial charge in [0.25, 0.3) is 5.91 Å². The third-order valence-corrected chi connectivity index (χ3v) is 7.14. The van der Waals surface area contributed by atoms with E-state index in [0.29, 0.717) is 11.3 Å². The Hall–Kier alpha value is -2.67. The zero-order chi connectivity index (χ0) is 24.7. The van der Waals surface area contributed by atoms with Gasteiger partial charge in [-0.15, -0.1) is 0 Å². The van der Waals surface area contributed by atoms with E-state index in [1.807, 2.05) is 18.2 Å². The normalized spacial score (nSPS) is 17.3. The molecule has 186 valence electrons. The highest BCUT2D eigenvalue weighted by atomic mass is 16.2. The summed E-state index contributed by atoms with van der Waals surface area (Å²) in [4.78, 5) is 43.0. The molecule has 34 heavy (non-hydrogen) atoms. The molecule has 7 heteroatoms. The van der Waals surface area contributed by atoms with Gasteiger partial charge in [-0.1, -0.05) is 39.3 Å². The Morgan fingerprint density at radius 3 is 2.35 bits per heavy atom. The van der Waals surface area contributed by atoms with Gasteiger partial charge in [-0.25, -0.2) is 0 Å². The van der Waals surface area contributed by atoms with Crippen molar-refractivity contribution in [1.29, 1.82) is 0 Å². The largest absolute Gasteiger partial charge is 0.369 e. The number of aldehydes is 1. The van der Waals surface area contributed by atoms with E-state index in [-0.39, 0.29) is 24.7 Å². The van der Waals surface area contributed by atoms with Crippen LogP contribution in [0.3, 0.4) is 0 Å². The molecule has 0 radical (unpaired) electrons. The Morgan fingerprint density at radius 2 is 1.76 bits per heavy atom. The Balaban J connectivity index is 1.65. The van der Waals surface area contributed by atoms with Crippen LogP contribution >= 0.6 is 0 Å². The van der Waals surface area contributed by atoms with Crippen molar-refractivity contribution in [3.8, 4) is 0 Å². The van der Waals surface area contributed by atoms with Gasteiger partial charge in [0.15, 0.2) is 0 Å². The van der Waals surface area contributed by atoms with Gasteiger partial charge in [-0.05, 0) is 37.3 Å². The molecule has 1 aromatic rings. The van der Waals surface area contributed by atoms with Crippen molar-refractivity contribution >= 4 is 29.5 Å². The molecule has 0 spiro atoms. The summed E-state index contributed by atoms with van der Waals surface area (Å²) < 4.78 is 0. The number of nitrogens with one attached hydrogen (secondary N) is 1. The van der Waals surface area contributed by atoms with E-state index in [1.54, 1.807) is 7.05 Å². The standard InChI is InChI=1S/C27H40N4O3/c1-5-7-21(8-6-2)18-29-13-15-30(16-14-29)22-9-11-24-20(3)31(27(34)25(24)17-22)23(19-32)10-12-26(33)28-4/h9,11,17,19,21,23H,3,5-8,10,12-16,18H2,1-2,4H3,(H,28,33). The fourth-order valence-electron chi connectivity index (χ4n) is 5.25. The molecule has 1 fully saturated rings. The highest BCUT2D eigenvalue weighted by Gasteiger charge is 2.36. The zero-order valence-electron chi connectivity index (χ0n) is 21.0. The first-order valence-electron chi connectivity index (χ1n) is 12.7. The Kier molecular flexibility index (Phi) is 9.28. The Labute approximate surface area is 204 Å². The minimum absolute atomic E-state index is 0.154. The fourth-order valence-corrected chi connectivity index (χ4v) is 5.25. The van der Waals surface area contributed by atoms with Gasteiger partial charge < -0.3 is 15.0 Å². The lowest BCUT2D eigenvalue weighted by Gasteiger charge is -2.37. The number of rotatable bonds is 12. The average Bonchev–Trinajstić information content (AvgIpc) is 3.10. The number of anilines is 1. The third kappa shape index (κ3) is 5.87. The highest BCUT2D eigenvalue weighted by molar-refractivity contribution is 6.10. The number of amides is 2. The van der Waals surface area contributed by atoms with Crippen LogP contribution in [0.1, 0.15) is 68.3 Å². The zero-order valence-corrected chi connectivity index (χ0v) is 21.0. The van der Waals surface area contributed by atoms with Gasteiger partial charge in [-0.2, -0.15) is 0 Å². The number of hydrogen-bond donors (Lipinski definition) is 1. The van der Waals surface area contributed by atoms with Gasteiger partial charge in [0.1, 0.15) is 6.29 Å². The number of benzene rings is 1. The maximum absolute atomic E-state index is 13.2. The third-order valence-electron chi connectivity index (χ3n) is 7.14. The summed E-state index contributed by atoms with van der Waals surface area (Å²) in [6.45, 7) is 13.7. The van der Waals surface area contributed by atoms with Gasteiger partial charge in [0, 0.05) is 63.1 Å². The smallest absolute Gasteiger partial charge is 0.259 e. The van der Waals surface area contributed by atoms with E-state index in [4.69, 9.17) is 0 Å². The van der Waals surface area contributed by atoms with Gasteiger partial charge in [0.05, 0.1) is 11.6 Å². The number of carbonyl (C=O) groups excluding carboxylic acids is 3. The van der Waals surface area contributed by atoms with E-state index in [1.165, 1.54) is 37.1 Å². The van der Waals surface area contributed by atoms with Crippen LogP contribution in [0, 0.1) is 5.92 Å². The van der Waals surface area contributed by atoms with E-state index >= 15 is 0 Å². The molecule has 0 aliphatic carbocycles. The molecular weight excluding hydrogens is 428 g/mol. The predicted octanol–water partition coefficient (Wildman–Crippen LogP) is 3.55. The van der Waals surface area contributed by atoms with E-state index in [2.05, 4.69) is 35.5 Å². The van der Waals surface area contributed by atoms with Crippen molar-refractivity contribution in [3.63, 3.8) is 0 Å². The molecule has 0 bridgehead atoms. The molecular formula is C27H40N4O3. The van der Waals surface area contributed by atoms with Crippen LogP contribution in [0.25, 0.3) is 5.70 Å². The number of carbonyl (C=O) groups is 3. The van der Waals surface area contributed by atoms with Crippen molar-refractivity contribution in [2.75, 3.05) is 44.7 Å². The molecule has 7 nitrogen and oxygen atoms in total. The summed E-state index contributed by atoms with van der Waals surface area (Å²) in [6, 6.07) is 5.23. The topological polar surface area (TPSA) is 73.0 Å². The number of hydrogen-bond acceptors (Lipinski definition) is 5. The second kappa shape index (κ2) is 12.2. The molecule has 0 aromatic heterocycles. The van der Waals surface area contributed by atoms with Crippen LogP contribution in [0.4, 0.5) is 5.69 Å². The first-order chi connectivity index (χ1) is 16.4. The van der Waals surface area contributed by atoms with Crippen LogP contribution < -0.4 is 10.2 Å². The number of piperazine rings is 1. The van der Waals surface area contributed by atoms with Crippen LogP contribution in [0.15, 0.2) is 24.8 Å². The maximum atomic E-state index is 13.2. The second-order valence-corrected chi connectivity index (χ2v) is 9.50. The van der Waals surface area contributed by atoms with Crippen LogP contribution in [0.2, 0.25) is 0 Å². The summed E-state index contributed by atoms with van der Waals surface area (Å²) in [5, 5.41) is 2.55. The quantitative estimate of drug-likeness (QED) is 0.475. The summed E-state index contributed by atoms with van der Waals surface area (Å²) >= 11 is 0. The summed E-state index contributed by atoms with van der Waals surface area (Å²) in [5.41, 5.74) is 2.92. The molecule has 1 N–H and O–H groups in total. The van der Waals surface area contributed by atoms with Crippen LogP contribution in [0.5, 0.6) is 0 Å². The van der Waals surface area contributed by atoms with Crippen LogP contribution in [-0.2, 0) is 9.59 Å². The monoisotopic (exact) mass is 468 g/mol. The highest BCUT2D eigenvalue weighted by Crippen LogP contribution is 2.36. The molecule has 0 saturated carbocycles. The summed E-state index contributed by atoms with van der Waals surface area (Å²) in [7, 11) is 1.56. The van der Waals surface area contributed by atoms with E-state index < -0.39 is 6.04 Å². The molecule has 2 heterocycles. The lowest BCUT2D eigenvalue weighted by atomic mass is 9.97. The van der Waals surface area contributed by atoms with Crippen molar-refractivity contribution < 1.29 is 14.4 Å². The van der Waals surface area contributed by atoms with Gasteiger partial charge >= 0.3 is 0 Å². The Bertz CT molecular complexity index is 886. The minimum Gasteiger partial charge on any atom is -0.369 e. The van der Waals surface area contributed by atoms with Crippen molar-refractivity contribution in [1.82, 2.24) is 15.1 Å². The second-order valence-electron chi connectivity index (χ2n) is 9.50. The molecule has 1 atom stereocenters. The molecule has 1 aromatic carbocycles. The van der Waals surface area contributed by atoms with Crippen molar-refractivity contribution in [3.05, 3.63) is 35.9 Å². The SMILES string of the molecule is C=C1c2ccc(N3CCN(CC(CCC)CCC)CC3)cc2C(=O)N1C(C=O)CCC(=O)NC. The van der Waals surface area contributed by atoms with Crippen molar-refractivity contribution in [2.24, 2.45) is 5.92 Å². The van der Waals surface area contributed by atoms with Gasteiger partial charge in [0.2, 0.25) is 5.91 Å². The number of fused-ring (bicyclic) bond motifs is 1. The maximum Gasteiger partial charge on any atom is 0.259 e. The lowest BCUT2D eigenvalue weighted by Crippen LogP contribution is -2.47. The number of nitrogens with zero attached hydrogens (tertiary/aromatic N) is 3. The van der Waals surface area contributed by atoms with Gasteiger partial charge in [-0.3, -0.25) is 19.4 Å². The molecule has 3 rings (SSSR count). The van der Waals surface area contributed by atoms with E-state index in [9.17, 15) is 14.4 Å². The lowest BCUT2D eigenvalue weighted by molar-refractivity contribution is -0.121. The summed E-state index contributed by atoms with van der Waals surface area (Å²) in [5.74, 6) is 0.417. The van der Waals surface area contributed by atoms with Crippen LogP contribution in [-0.4, -0.2) is 73.7 Å². The molecule has 1 saturated heterocycles. The Morgan fingerprint density at radius 1 is 1.09 bits per heavy atom. The molecule has 2 amide bonds. The molecule has 2 aliphatic rings. The minimum atomic E-state index is -0.698. The summed E-state index contributed by atoms with van der Waals surface area (Å²) in [6.07, 6.45) is 6.27. The van der Waals surface area contributed by atoms with Crippen molar-refractivity contribution in [2.45, 2.75) is 58.4 Å². The average molecular weight is 469 g/mol. The molecule has 2 aliphatic heterocycles. The van der Waals surface area contributed by atoms with E-state index in [0.717, 1.165) is 49.6 Å².